The maximum atomic E-state index is 11.9. The van der Waals surface area contributed by atoms with Crippen LogP contribution in [-0.4, -0.2) is 38.3 Å². The SMILES string of the molecule is CC(NC(=O)CSCC(=O)O)c1ccccc1-n1cccn1. The van der Waals surface area contributed by atoms with Crippen LogP contribution < -0.4 is 5.32 Å². The van der Waals surface area contributed by atoms with E-state index < -0.39 is 5.97 Å². The molecule has 1 atom stereocenters. The van der Waals surface area contributed by atoms with Gasteiger partial charge in [-0.2, -0.15) is 5.10 Å². The Bertz CT molecular complexity index is 643. The van der Waals surface area contributed by atoms with Gasteiger partial charge in [0.05, 0.1) is 23.2 Å². The molecule has 1 amide bonds. The Balaban J connectivity index is 2.02. The molecule has 0 saturated heterocycles. The standard InChI is InChI=1S/C15H17N3O3S/c1-11(17-14(19)9-22-10-15(20)21)12-5-2-3-6-13(12)18-8-4-7-16-18/h2-8,11H,9-10H2,1H3,(H,17,19)(H,20,21). The number of aliphatic carboxylic acids is 1. The van der Waals surface area contributed by atoms with Crippen molar-refractivity contribution < 1.29 is 14.7 Å². The van der Waals surface area contributed by atoms with Gasteiger partial charge in [0.25, 0.3) is 0 Å². The van der Waals surface area contributed by atoms with Crippen LogP contribution in [0, 0.1) is 0 Å². The first-order chi connectivity index (χ1) is 10.6. The predicted octanol–water partition coefficient (Wildman–Crippen LogP) is 1.87. The van der Waals surface area contributed by atoms with Crippen LogP contribution >= 0.6 is 11.8 Å². The molecule has 1 unspecified atom stereocenters. The van der Waals surface area contributed by atoms with Crippen LogP contribution in [-0.2, 0) is 9.59 Å². The first kappa shape index (κ1) is 16.1. The van der Waals surface area contributed by atoms with E-state index >= 15 is 0 Å². The summed E-state index contributed by atoms with van der Waals surface area (Å²) in [6.07, 6.45) is 3.54. The van der Waals surface area contributed by atoms with E-state index in [2.05, 4.69) is 10.4 Å². The lowest BCUT2D eigenvalue weighted by Crippen LogP contribution is -2.29. The Morgan fingerprint density at radius 3 is 2.77 bits per heavy atom. The molecule has 7 heteroatoms. The van der Waals surface area contributed by atoms with Crippen molar-refractivity contribution in [3.63, 3.8) is 0 Å². The van der Waals surface area contributed by atoms with Gasteiger partial charge in [-0.05, 0) is 24.6 Å². The highest BCUT2D eigenvalue weighted by atomic mass is 32.2. The number of rotatable bonds is 7. The monoisotopic (exact) mass is 319 g/mol. The summed E-state index contributed by atoms with van der Waals surface area (Å²) in [5.41, 5.74) is 1.85. The van der Waals surface area contributed by atoms with E-state index in [0.717, 1.165) is 23.0 Å². The molecule has 2 N–H and O–H groups in total. The van der Waals surface area contributed by atoms with E-state index in [-0.39, 0.29) is 23.5 Å². The van der Waals surface area contributed by atoms with E-state index in [1.165, 1.54) is 0 Å². The fourth-order valence-corrected chi connectivity index (χ4v) is 2.61. The first-order valence-corrected chi connectivity index (χ1v) is 7.91. The highest BCUT2D eigenvalue weighted by Gasteiger charge is 2.14. The number of nitrogens with zero attached hydrogens (tertiary/aromatic N) is 2. The number of hydrogen-bond donors (Lipinski definition) is 2. The van der Waals surface area contributed by atoms with Crippen molar-refractivity contribution in [3.8, 4) is 5.69 Å². The van der Waals surface area contributed by atoms with Crippen molar-refractivity contribution in [2.75, 3.05) is 11.5 Å². The van der Waals surface area contributed by atoms with Crippen LogP contribution in [0.2, 0.25) is 0 Å². The summed E-state index contributed by atoms with van der Waals surface area (Å²) in [4.78, 5) is 22.3. The molecule has 0 bridgehead atoms. The molecule has 0 aliphatic carbocycles. The number of thioether (sulfide) groups is 1. The summed E-state index contributed by atoms with van der Waals surface area (Å²) in [5.74, 6) is -1.06. The van der Waals surface area contributed by atoms with Crippen LogP contribution in [0.15, 0.2) is 42.7 Å². The lowest BCUT2D eigenvalue weighted by Gasteiger charge is -2.18. The van der Waals surface area contributed by atoms with Gasteiger partial charge < -0.3 is 10.4 Å². The molecule has 22 heavy (non-hydrogen) atoms. The zero-order valence-electron chi connectivity index (χ0n) is 12.1. The smallest absolute Gasteiger partial charge is 0.313 e. The number of amides is 1. The molecule has 1 aromatic carbocycles. The minimum atomic E-state index is -0.921. The maximum Gasteiger partial charge on any atom is 0.313 e. The number of carboxylic acid groups (broad SMARTS) is 1. The number of nitrogens with one attached hydrogen (secondary N) is 1. The van der Waals surface area contributed by atoms with Gasteiger partial charge in [0.2, 0.25) is 5.91 Å². The van der Waals surface area contributed by atoms with Crippen LogP contribution in [0.5, 0.6) is 0 Å². The van der Waals surface area contributed by atoms with Crippen molar-refractivity contribution in [1.82, 2.24) is 15.1 Å². The molecule has 0 saturated carbocycles. The molecule has 0 spiro atoms. The number of carbonyl (C=O) groups is 2. The van der Waals surface area contributed by atoms with Crippen LogP contribution in [0.3, 0.4) is 0 Å². The van der Waals surface area contributed by atoms with E-state index in [1.807, 2.05) is 43.5 Å². The van der Waals surface area contributed by atoms with Gasteiger partial charge >= 0.3 is 5.97 Å². The maximum absolute atomic E-state index is 11.9. The number of hydrogen-bond acceptors (Lipinski definition) is 4. The molecular formula is C15H17N3O3S. The van der Waals surface area contributed by atoms with Gasteiger partial charge in [-0.3, -0.25) is 9.59 Å². The average Bonchev–Trinajstić information content (AvgIpc) is 3.00. The topological polar surface area (TPSA) is 84.2 Å². The number of benzene rings is 1. The molecule has 0 aliphatic heterocycles. The van der Waals surface area contributed by atoms with Gasteiger partial charge in [-0.15, -0.1) is 11.8 Å². The second kappa shape index (κ2) is 7.65. The highest BCUT2D eigenvalue weighted by Crippen LogP contribution is 2.21. The zero-order chi connectivity index (χ0) is 15.9. The zero-order valence-corrected chi connectivity index (χ0v) is 12.9. The molecule has 0 fully saturated rings. The fourth-order valence-electron chi connectivity index (χ4n) is 2.07. The molecular weight excluding hydrogens is 302 g/mol. The number of para-hydroxylation sites is 1. The Morgan fingerprint density at radius 1 is 1.32 bits per heavy atom. The van der Waals surface area contributed by atoms with Gasteiger partial charge in [0, 0.05) is 12.4 Å². The summed E-state index contributed by atoms with van der Waals surface area (Å²) in [7, 11) is 0. The number of carboxylic acids is 1. The Kier molecular flexibility index (Phi) is 5.60. The first-order valence-electron chi connectivity index (χ1n) is 6.76. The largest absolute Gasteiger partial charge is 0.481 e. The minimum absolute atomic E-state index is 0.0777. The van der Waals surface area contributed by atoms with Crippen LogP contribution in [0.4, 0.5) is 0 Å². The summed E-state index contributed by atoms with van der Waals surface area (Å²) < 4.78 is 1.75. The van der Waals surface area contributed by atoms with E-state index in [9.17, 15) is 9.59 Å². The van der Waals surface area contributed by atoms with Crippen LogP contribution in [0.1, 0.15) is 18.5 Å². The molecule has 2 aromatic rings. The summed E-state index contributed by atoms with van der Waals surface area (Å²) >= 11 is 1.08. The predicted molar refractivity (Wildman–Crippen MR) is 85.1 cm³/mol. The summed E-state index contributed by atoms with van der Waals surface area (Å²) in [6, 6.07) is 9.33. The van der Waals surface area contributed by atoms with Crippen molar-refractivity contribution >= 4 is 23.6 Å². The van der Waals surface area contributed by atoms with E-state index in [4.69, 9.17) is 5.11 Å². The van der Waals surface area contributed by atoms with E-state index in [1.54, 1.807) is 10.9 Å². The van der Waals surface area contributed by atoms with E-state index in [0.29, 0.717) is 0 Å². The minimum Gasteiger partial charge on any atom is -0.481 e. The van der Waals surface area contributed by atoms with Gasteiger partial charge in [0.1, 0.15) is 0 Å². The number of aromatic nitrogens is 2. The Labute approximate surface area is 132 Å². The third kappa shape index (κ3) is 4.36. The van der Waals surface area contributed by atoms with Gasteiger partial charge in [0.15, 0.2) is 0 Å². The summed E-state index contributed by atoms with van der Waals surface area (Å²) in [5, 5.41) is 15.7. The van der Waals surface area contributed by atoms with Gasteiger partial charge in [-0.25, -0.2) is 4.68 Å². The van der Waals surface area contributed by atoms with Crippen molar-refractivity contribution in [2.45, 2.75) is 13.0 Å². The van der Waals surface area contributed by atoms with Crippen molar-refractivity contribution in [2.24, 2.45) is 0 Å². The molecule has 1 aromatic heterocycles. The lowest BCUT2D eigenvalue weighted by molar-refractivity contribution is -0.133. The van der Waals surface area contributed by atoms with Gasteiger partial charge in [-0.1, -0.05) is 18.2 Å². The normalized spacial score (nSPS) is 11.9. The van der Waals surface area contributed by atoms with Crippen molar-refractivity contribution in [1.29, 1.82) is 0 Å². The molecule has 6 nitrogen and oxygen atoms in total. The Hall–Kier alpha value is -2.28. The second-order valence-corrected chi connectivity index (χ2v) is 5.67. The lowest BCUT2D eigenvalue weighted by atomic mass is 10.1. The second-order valence-electron chi connectivity index (χ2n) is 4.69. The quantitative estimate of drug-likeness (QED) is 0.814. The molecule has 0 radical (unpaired) electrons. The fraction of sp³-hybridized carbons (Fsp3) is 0.267. The van der Waals surface area contributed by atoms with Crippen LogP contribution in [0.25, 0.3) is 5.69 Å². The van der Waals surface area contributed by atoms with Crippen molar-refractivity contribution in [3.05, 3.63) is 48.3 Å². The summed E-state index contributed by atoms with van der Waals surface area (Å²) in [6.45, 7) is 1.89. The molecule has 116 valence electrons. The average molecular weight is 319 g/mol. The third-order valence-corrected chi connectivity index (χ3v) is 3.91. The molecule has 2 rings (SSSR count). The molecule has 1 heterocycles. The third-order valence-electron chi connectivity index (χ3n) is 2.99. The Morgan fingerprint density at radius 2 is 2.09 bits per heavy atom. The molecule has 0 aliphatic rings. The highest BCUT2D eigenvalue weighted by molar-refractivity contribution is 8.00. The number of carbonyl (C=O) groups excluding carboxylic acids is 1.